The largest absolute Gasteiger partial charge is 0.496 e. The zero-order chi connectivity index (χ0) is 66.0. The molecule has 4 aromatic heterocycles. The van der Waals surface area contributed by atoms with Crippen LogP contribution in [0.3, 0.4) is 0 Å². The standard InChI is InChI=1S/C28H35FN6O4S.C17H30BN3O5S.C17H17BrFN3O/c1-16(2)30-7-8-39-26-23(33-40(6,37)38)9-18(12-32-26)19-10-20-22(11-21(19)29)31-13-24-25(20)28(27(36)34(24)5)14-35(15-28)17(3)4;1-12(2)19-8-9-24-15-14(21-27(7,22)23)10-13(11-20-15)18-25-16(3,4)17(5,6)26-18;1-9(2)22-7-17(8-22)15-10-4-11(18)12(19)5-13(10)20-6-14(15)21(3)16(17)23/h9-13,16-17,30,33H,7-8,14-15H2,1-6H3;10-12,19,21H,8-9H2,1-7H3;4-6,9H,7-8H2,1-3H3. The summed E-state index contributed by atoms with van der Waals surface area (Å²) in [5.74, 6) is -0.447. The molecular formula is C62H82BBrF2N12O10S2. The maximum absolute atomic E-state index is 15.5. The van der Waals surface area contributed by atoms with Gasteiger partial charge in [-0.2, -0.15) is 0 Å². The number of benzene rings is 2. The summed E-state index contributed by atoms with van der Waals surface area (Å²) < 4.78 is 106. The molecule has 22 nitrogen and oxygen atoms in total. The van der Waals surface area contributed by atoms with Crippen molar-refractivity contribution in [3.05, 3.63) is 88.4 Å². The highest BCUT2D eigenvalue weighted by Gasteiger charge is 2.60. The van der Waals surface area contributed by atoms with Crippen LogP contribution in [0.1, 0.15) is 94.2 Å². The van der Waals surface area contributed by atoms with Crippen molar-refractivity contribution in [3.63, 3.8) is 0 Å². The van der Waals surface area contributed by atoms with Crippen LogP contribution in [0.25, 0.3) is 32.9 Å². The van der Waals surface area contributed by atoms with Crippen LogP contribution in [0.15, 0.2) is 65.7 Å². The topological polar surface area (TPSA) is 252 Å². The highest BCUT2D eigenvalue weighted by molar-refractivity contribution is 9.10. The van der Waals surface area contributed by atoms with Crippen LogP contribution in [0, 0.1) is 11.6 Å². The Morgan fingerprint density at radius 3 is 1.47 bits per heavy atom. The van der Waals surface area contributed by atoms with E-state index in [4.69, 9.17) is 18.8 Å². The van der Waals surface area contributed by atoms with Crippen molar-refractivity contribution in [1.82, 2.24) is 40.4 Å². The SMILES string of the molecule is CC(C)N1CC2(C1)C(=O)N(C)c1cnc3cc(F)c(Br)cc3c12.CC(C)NCCOc1ncc(-c2cc3c4c(cnc3cc2F)N(C)C(=O)C42CN(C(C)C)C2)cc1NS(C)(=O)=O.CC(C)NCCOc1ncc(B2OC(C)(C)C(C)(C)O2)cc1NS(C)(=O)=O. The third-order valence-corrected chi connectivity index (χ3v) is 19.0. The second-order valence-electron chi connectivity index (χ2n) is 26.0. The van der Waals surface area contributed by atoms with Gasteiger partial charge in [0.05, 0.1) is 63.0 Å². The monoisotopic (exact) mass is 1350 g/mol. The van der Waals surface area contributed by atoms with Gasteiger partial charge in [0.2, 0.25) is 43.6 Å². The van der Waals surface area contributed by atoms with Gasteiger partial charge in [0.1, 0.15) is 47.1 Å². The van der Waals surface area contributed by atoms with Crippen LogP contribution in [0.4, 0.5) is 31.5 Å². The number of nitrogens with zero attached hydrogens (tertiary/aromatic N) is 8. The van der Waals surface area contributed by atoms with Gasteiger partial charge in [0, 0.05) is 141 Å². The highest BCUT2D eigenvalue weighted by Crippen LogP contribution is 2.52. The Balaban J connectivity index is 0.000000168. The van der Waals surface area contributed by atoms with Crippen molar-refractivity contribution in [2.24, 2.45) is 0 Å². The summed E-state index contributed by atoms with van der Waals surface area (Å²) in [6.45, 7) is 28.7. The van der Waals surface area contributed by atoms with E-state index >= 15 is 4.39 Å². The van der Waals surface area contributed by atoms with Gasteiger partial charge in [0.25, 0.3) is 0 Å². The number of carbonyl (C=O) groups excluding carboxylic acids is 2. The number of hydrogen-bond acceptors (Lipinski definition) is 18. The first-order valence-electron chi connectivity index (χ1n) is 30.0. The van der Waals surface area contributed by atoms with E-state index in [0.717, 1.165) is 40.4 Å². The molecule has 3 saturated heterocycles. The van der Waals surface area contributed by atoms with Gasteiger partial charge in [-0.15, -0.1) is 0 Å². The van der Waals surface area contributed by atoms with Crippen molar-refractivity contribution < 1.29 is 54.0 Å². The van der Waals surface area contributed by atoms with E-state index in [-0.39, 0.29) is 59.0 Å². The third-order valence-electron chi connectivity index (χ3n) is 17.2. The first kappa shape index (κ1) is 68.1. The van der Waals surface area contributed by atoms with Gasteiger partial charge >= 0.3 is 7.12 Å². The quantitative estimate of drug-likeness (QED) is 0.0486. The minimum absolute atomic E-state index is 0.00865. The molecule has 9 heterocycles. The number of rotatable bonds is 18. The van der Waals surface area contributed by atoms with E-state index in [0.29, 0.717) is 95.9 Å². The molecule has 2 aromatic carbocycles. The van der Waals surface area contributed by atoms with Crippen molar-refractivity contribution in [1.29, 1.82) is 0 Å². The number of fused-ring (bicyclic) bond motifs is 8. The number of sulfonamides is 2. The number of hydrogen-bond donors (Lipinski definition) is 4. The highest BCUT2D eigenvalue weighted by atomic mass is 79.9. The average molecular weight is 1350 g/mol. The lowest BCUT2D eigenvalue weighted by Gasteiger charge is -2.49. The molecule has 0 aliphatic carbocycles. The first-order valence-corrected chi connectivity index (χ1v) is 34.5. The summed E-state index contributed by atoms with van der Waals surface area (Å²) in [5, 5.41) is 7.99. The van der Waals surface area contributed by atoms with Crippen molar-refractivity contribution in [2.75, 3.05) is 98.3 Å². The molecular weight excluding hydrogens is 1270 g/mol. The molecule has 90 heavy (non-hydrogen) atoms. The number of anilines is 4. The van der Waals surface area contributed by atoms with Gasteiger partial charge in [-0.25, -0.2) is 35.6 Å². The van der Waals surface area contributed by atoms with Gasteiger partial charge in [-0.1, -0.05) is 27.7 Å². The molecule has 2 amide bonds. The number of likely N-dealkylation sites (N-methyl/N-ethyl adjacent to an activating group) is 2. The fraction of sp³-hybridized carbons (Fsp3) is 0.516. The molecule has 5 aliphatic rings. The van der Waals surface area contributed by atoms with Gasteiger partial charge in [-0.3, -0.25) is 38.8 Å². The van der Waals surface area contributed by atoms with Crippen molar-refractivity contribution in [3.8, 4) is 22.9 Å². The summed E-state index contributed by atoms with van der Waals surface area (Å²) in [7, 11) is -4.27. The fourth-order valence-corrected chi connectivity index (χ4v) is 13.2. The second kappa shape index (κ2) is 25.7. The number of nitrogens with one attached hydrogen (secondary N) is 4. The molecule has 6 aromatic rings. The molecule has 0 radical (unpaired) electrons. The van der Waals surface area contributed by atoms with E-state index < -0.39 is 55.0 Å². The third kappa shape index (κ3) is 13.8. The maximum atomic E-state index is 15.5. The number of carbonyl (C=O) groups is 2. The van der Waals surface area contributed by atoms with Gasteiger partial charge in [0.15, 0.2) is 0 Å². The Bertz CT molecular complexity index is 3970. The smallest absolute Gasteiger partial charge is 0.475 e. The predicted molar refractivity (Wildman–Crippen MR) is 352 cm³/mol. The number of aromatic nitrogens is 4. The fourth-order valence-electron chi connectivity index (χ4n) is 11.7. The number of halogens is 3. The molecule has 486 valence electrons. The molecule has 11 rings (SSSR count). The van der Waals surface area contributed by atoms with Crippen LogP contribution < -0.4 is 44.8 Å². The zero-order valence-corrected chi connectivity index (χ0v) is 57.1. The maximum Gasteiger partial charge on any atom is 0.496 e. The minimum atomic E-state index is -3.67. The van der Waals surface area contributed by atoms with E-state index in [1.54, 1.807) is 60.7 Å². The molecule has 2 spiro atoms. The molecule has 0 unspecified atom stereocenters. The number of likely N-dealkylation sites (tertiary alicyclic amines) is 2. The summed E-state index contributed by atoms with van der Waals surface area (Å²) in [5.41, 5.74) is 3.77. The van der Waals surface area contributed by atoms with Crippen LogP contribution in [0.2, 0.25) is 0 Å². The lowest BCUT2D eigenvalue weighted by molar-refractivity contribution is -0.130. The molecule has 5 aliphatic heterocycles. The van der Waals surface area contributed by atoms with E-state index in [9.17, 15) is 30.8 Å². The lowest BCUT2D eigenvalue weighted by Crippen LogP contribution is -2.65. The van der Waals surface area contributed by atoms with Crippen LogP contribution in [0.5, 0.6) is 11.8 Å². The van der Waals surface area contributed by atoms with E-state index in [1.165, 1.54) is 24.4 Å². The first-order chi connectivity index (χ1) is 42.0. The Labute approximate surface area is 535 Å². The molecule has 28 heteroatoms. The van der Waals surface area contributed by atoms with E-state index in [2.05, 4.69) is 93.4 Å². The summed E-state index contributed by atoms with van der Waals surface area (Å²) in [6, 6.07) is 10.7. The summed E-state index contributed by atoms with van der Waals surface area (Å²) >= 11 is 3.26. The van der Waals surface area contributed by atoms with E-state index in [1.807, 2.05) is 55.4 Å². The molecule has 4 N–H and O–H groups in total. The zero-order valence-electron chi connectivity index (χ0n) is 53.9. The Morgan fingerprint density at radius 2 is 1.03 bits per heavy atom. The number of pyridine rings is 4. The average Bonchev–Trinajstić information content (AvgIpc) is 1.51. The van der Waals surface area contributed by atoms with Crippen LogP contribution >= 0.6 is 15.9 Å². The number of amides is 2. The Morgan fingerprint density at radius 1 is 0.611 bits per heavy atom. The molecule has 0 atom stereocenters. The Hall–Kier alpha value is -6.24. The molecule has 0 bridgehead atoms. The van der Waals surface area contributed by atoms with Gasteiger partial charge in [-0.05, 0) is 95.6 Å². The lowest BCUT2D eigenvalue weighted by atomic mass is 9.72. The second-order valence-corrected chi connectivity index (χ2v) is 30.4. The summed E-state index contributed by atoms with van der Waals surface area (Å²) in [4.78, 5) is 51.7. The number of ether oxygens (including phenoxy) is 2. The predicted octanol–water partition coefficient (Wildman–Crippen LogP) is 7.33. The van der Waals surface area contributed by atoms with Gasteiger partial charge < -0.3 is 39.2 Å². The van der Waals surface area contributed by atoms with Crippen molar-refractivity contribution >= 4 is 105 Å². The molecule has 3 fully saturated rings. The molecule has 0 saturated carbocycles. The minimum Gasteiger partial charge on any atom is -0.475 e. The normalized spacial score (nSPS) is 18.1. The van der Waals surface area contributed by atoms with Crippen LogP contribution in [-0.4, -0.2) is 180 Å². The Kier molecular flexibility index (Phi) is 19.4. The summed E-state index contributed by atoms with van der Waals surface area (Å²) in [6.07, 6.45) is 8.48. The van der Waals surface area contributed by atoms with Crippen LogP contribution in [-0.2, 0) is 49.8 Å². The van der Waals surface area contributed by atoms with Crippen molar-refractivity contribution in [2.45, 2.75) is 129 Å².